The molecule has 0 amide bonds. The van der Waals surface area contributed by atoms with Crippen LogP contribution in [0, 0.1) is 5.41 Å². The Balaban J connectivity index is 2.48. The number of thioether (sulfide) groups is 1. The summed E-state index contributed by atoms with van der Waals surface area (Å²) in [5.41, 5.74) is -1.04. The summed E-state index contributed by atoms with van der Waals surface area (Å²) in [6, 6.07) is 0. The highest BCUT2D eigenvalue weighted by Gasteiger charge is 2.38. The first kappa shape index (κ1) is 16.5. The van der Waals surface area contributed by atoms with Crippen molar-refractivity contribution in [2.75, 3.05) is 32.5 Å². The fourth-order valence-corrected chi connectivity index (χ4v) is 2.81. The molecule has 1 aliphatic heterocycles. The van der Waals surface area contributed by atoms with Gasteiger partial charge in [-0.2, -0.15) is 11.8 Å². The van der Waals surface area contributed by atoms with Crippen molar-refractivity contribution in [3.05, 3.63) is 0 Å². The number of ketones is 1. The van der Waals surface area contributed by atoms with Crippen LogP contribution in [0.1, 0.15) is 33.6 Å². The van der Waals surface area contributed by atoms with E-state index in [1.165, 1.54) is 0 Å². The average Bonchev–Trinajstić information content (AvgIpc) is 2.39. The van der Waals surface area contributed by atoms with Crippen molar-refractivity contribution in [2.24, 2.45) is 5.41 Å². The van der Waals surface area contributed by atoms with Crippen LogP contribution in [0.25, 0.3) is 0 Å². The molecule has 1 rings (SSSR count). The standard InChI is InChI=1S/C14H25NO3S/c1-5-18-13(17)14(2,3)12(16)10-15-8-6-11(19-4)7-9-15/h11H,5-10H2,1-4H3. The lowest BCUT2D eigenvalue weighted by molar-refractivity contribution is -0.158. The number of carbonyl (C=O) groups is 2. The molecule has 19 heavy (non-hydrogen) atoms. The van der Waals surface area contributed by atoms with E-state index in [-0.39, 0.29) is 5.78 Å². The molecule has 0 N–H and O–H groups in total. The van der Waals surface area contributed by atoms with Gasteiger partial charge < -0.3 is 4.74 Å². The van der Waals surface area contributed by atoms with E-state index >= 15 is 0 Å². The molecule has 1 fully saturated rings. The largest absolute Gasteiger partial charge is 0.465 e. The van der Waals surface area contributed by atoms with Crippen molar-refractivity contribution in [3.8, 4) is 0 Å². The van der Waals surface area contributed by atoms with Crippen LogP contribution >= 0.6 is 11.8 Å². The second-order valence-corrected chi connectivity index (χ2v) is 6.62. The lowest BCUT2D eigenvalue weighted by Crippen LogP contribution is -2.45. The van der Waals surface area contributed by atoms with E-state index in [4.69, 9.17) is 4.74 Å². The molecule has 0 atom stereocenters. The Morgan fingerprint density at radius 3 is 2.37 bits per heavy atom. The first-order chi connectivity index (χ1) is 8.91. The van der Waals surface area contributed by atoms with Crippen molar-refractivity contribution in [2.45, 2.75) is 38.9 Å². The summed E-state index contributed by atoms with van der Waals surface area (Å²) in [6.07, 6.45) is 4.37. The number of likely N-dealkylation sites (tertiary alicyclic amines) is 1. The van der Waals surface area contributed by atoms with Gasteiger partial charge in [-0.15, -0.1) is 0 Å². The van der Waals surface area contributed by atoms with Crippen LogP contribution in [0.3, 0.4) is 0 Å². The Morgan fingerprint density at radius 1 is 1.32 bits per heavy atom. The molecule has 1 heterocycles. The highest BCUT2D eigenvalue weighted by Crippen LogP contribution is 2.23. The summed E-state index contributed by atoms with van der Waals surface area (Å²) < 4.78 is 4.97. The third kappa shape index (κ3) is 4.49. The lowest BCUT2D eigenvalue weighted by Gasteiger charge is -2.32. The van der Waals surface area contributed by atoms with Crippen molar-refractivity contribution in [3.63, 3.8) is 0 Å². The molecule has 0 radical (unpaired) electrons. The van der Waals surface area contributed by atoms with Gasteiger partial charge in [-0.05, 0) is 53.0 Å². The third-order valence-corrected chi connectivity index (χ3v) is 4.86. The molecule has 0 aliphatic carbocycles. The van der Waals surface area contributed by atoms with Gasteiger partial charge in [0.25, 0.3) is 0 Å². The molecule has 0 bridgehead atoms. The molecule has 110 valence electrons. The number of carbonyl (C=O) groups excluding carboxylic acids is 2. The van der Waals surface area contributed by atoms with Gasteiger partial charge in [-0.3, -0.25) is 14.5 Å². The Bertz CT molecular complexity index is 323. The van der Waals surface area contributed by atoms with Gasteiger partial charge in [0.05, 0.1) is 13.2 Å². The summed E-state index contributed by atoms with van der Waals surface area (Å²) in [6.45, 7) is 7.61. The second-order valence-electron chi connectivity index (χ2n) is 5.48. The predicted molar refractivity (Wildman–Crippen MR) is 78.4 cm³/mol. The van der Waals surface area contributed by atoms with E-state index in [0.717, 1.165) is 25.9 Å². The number of ether oxygens (including phenoxy) is 1. The number of hydrogen-bond acceptors (Lipinski definition) is 5. The number of Topliss-reactive ketones (excluding diaryl/α,β-unsaturated/α-hetero) is 1. The van der Waals surface area contributed by atoms with Crippen LogP contribution in [0.4, 0.5) is 0 Å². The van der Waals surface area contributed by atoms with E-state index in [1.807, 2.05) is 11.8 Å². The minimum atomic E-state index is -1.04. The minimum Gasteiger partial charge on any atom is -0.465 e. The summed E-state index contributed by atoms with van der Waals surface area (Å²) >= 11 is 1.90. The molecule has 0 saturated carbocycles. The number of esters is 1. The first-order valence-electron chi connectivity index (χ1n) is 6.87. The fraction of sp³-hybridized carbons (Fsp3) is 0.857. The number of nitrogens with zero attached hydrogens (tertiary/aromatic N) is 1. The van der Waals surface area contributed by atoms with Gasteiger partial charge in [0.2, 0.25) is 0 Å². The zero-order chi connectivity index (χ0) is 14.5. The molecule has 1 saturated heterocycles. The van der Waals surface area contributed by atoms with Crippen LogP contribution in [-0.4, -0.2) is 54.4 Å². The van der Waals surface area contributed by atoms with Gasteiger partial charge in [0.1, 0.15) is 5.41 Å². The van der Waals surface area contributed by atoms with Crippen LogP contribution < -0.4 is 0 Å². The number of rotatable bonds is 6. The van der Waals surface area contributed by atoms with E-state index in [1.54, 1.807) is 20.8 Å². The smallest absolute Gasteiger partial charge is 0.319 e. The SMILES string of the molecule is CCOC(=O)C(C)(C)C(=O)CN1CCC(SC)CC1. The van der Waals surface area contributed by atoms with Crippen LogP contribution in [0.15, 0.2) is 0 Å². The monoisotopic (exact) mass is 287 g/mol. The van der Waals surface area contributed by atoms with Gasteiger partial charge in [0.15, 0.2) is 5.78 Å². The third-order valence-electron chi connectivity index (χ3n) is 3.72. The van der Waals surface area contributed by atoms with E-state index in [0.29, 0.717) is 18.4 Å². The summed E-state index contributed by atoms with van der Waals surface area (Å²) in [7, 11) is 0. The van der Waals surface area contributed by atoms with Gasteiger partial charge in [0, 0.05) is 5.25 Å². The van der Waals surface area contributed by atoms with Crippen LogP contribution in [-0.2, 0) is 14.3 Å². The summed E-state index contributed by atoms with van der Waals surface area (Å²) in [4.78, 5) is 26.2. The zero-order valence-corrected chi connectivity index (χ0v) is 13.2. The van der Waals surface area contributed by atoms with Crippen LogP contribution in [0.5, 0.6) is 0 Å². The van der Waals surface area contributed by atoms with Crippen molar-refractivity contribution >= 4 is 23.5 Å². The molecule has 0 spiro atoms. The maximum atomic E-state index is 12.3. The molecule has 0 aromatic carbocycles. The zero-order valence-electron chi connectivity index (χ0n) is 12.4. The molecule has 0 unspecified atom stereocenters. The highest BCUT2D eigenvalue weighted by atomic mass is 32.2. The van der Waals surface area contributed by atoms with Crippen molar-refractivity contribution in [1.82, 2.24) is 4.90 Å². The predicted octanol–water partition coefficient (Wildman–Crippen LogP) is 1.97. The van der Waals surface area contributed by atoms with Crippen molar-refractivity contribution in [1.29, 1.82) is 0 Å². The summed E-state index contributed by atoms with van der Waals surface area (Å²) in [5, 5.41) is 0.712. The molecule has 0 aromatic heterocycles. The molecule has 0 aromatic rings. The minimum absolute atomic E-state index is 0.0476. The maximum Gasteiger partial charge on any atom is 0.319 e. The van der Waals surface area contributed by atoms with E-state index in [9.17, 15) is 9.59 Å². The second kappa shape index (κ2) is 7.29. The van der Waals surface area contributed by atoms with Crippen molar-refractivity contribution < 1.29 is 14.3 Å². The number of hydrogen-bond donors (Lipinski definition) is 0. The van der Waals surface area contributed by atoms with E-state index in [2.05, 4.69) is 11.2 Å². The van der Waals surface area contributed by atoms with E-state index < -0.39 is 11.4 Å². The Labute approximate surface area is 120 Å². The Morgan fingerprint density at radius 2 is 1.89 bits per heavy atom. The summed E-state index contributed by atoms with van der Waals surface area (Å²) in [5.74, 6) is -0.465. The molecular weight excluding hydrogens is 262 g/mol. The van der Waals surface area contributed by atoms with Gasteiger partial charge >= 0.3 is 5.97 Å². The molecule has 5 heteroatoms. The first-order valence-corrected chi connectivity index (χ1v) is 8.16. The topological polar surface area (TPSA) is 46.6 Å². The molecular formula is C14H25NO3S. The lowest BCUT2D eigenvalue weighted by atomic mass is 9.87. The van der Waals surface area contributed by atoms with Gasteiger partial charge in [-0.25, -0.2) is 0 Å². The van der Waals surface area contributed by atoms with Crippen LogP contribution in [0.2, 0.25) is 0 Å². The Kier molecular flexibility index (Phi) is 6.33. The quantitative estimate of drug-likeness (QED) is 0.552. The highest BCUT2D eigenvalue weighted by molar-refractivity contribution is 7.99. The maximum absolute atomic E-state index is 12.3. The normalized spacial score (nSPS) is 18.3. The molecule has 1 aliphatic rings. The Hall–Kier alpha value is -0.550. The fourth-order valence-electron chi connectivity index (χ4n) is 2.13. The van der Waals surface area contributed by atoms with Gasteiger partial charge in [-0.1, -0.05) is 0 Å². The number of piperidine rings is 1. The molecule has 4 nitrogen and oxygen atoms in total. The average molecular weight is 287 g/mol.